The van der Waals surface area contributed by atoms with Crippen molar-refractivity contribution < 1.29 is 39.3 Å². The van der Waals surface area contributed by atoms with E-state index >= 15 is 0 Å². The van der Waals surface area contributed by atoms with Gasteiger partial charge in [-0.25, -0.2) is 4.79 Å². The van der Waals surface area contributed by atoms with Crippen LogP contribution in [0.1, 0.15) is 45.6 Å². The summed E-state index contributed by atoms with van der Waals surface area (Å²) in [6, 6.07) is 1.01. The number of carboxylic acids is 1. The molecule has 0 aromatic heterocycles. The van der Waals surface area contributed by atoms with Crippen molar-refractivity contribution in [1.82, 2.24) is 16.0 Å². The van der Waals surface area contributed by atoms with Crippen LogP contribution in [-0.4, -0.2) is 75.2 Å². The molecule has 1 aromatic carbocycles. The molecule has 10 N–H and O–H groups in total. The van der Waals surface area contributed by atoms with Crippen LogP contribution in [0.25, 0.3) is 0 Å². The van der Waals surface area contributed by atoms with Crippen LogP contribution in [0.3, 0.4) is 0 Å². The van der Waals surface area contributed by atoms with Crippen molar-refractivity contribution in [3.63, 3.8) is 0 Å². The molecular weight excluding hydrogens is 486 g/mol. The van der Waals surface area contributed by atoms with Crippen LogP contribution in [0.15, 0.2) is 24.3 Å². The van der Waals surface area contributed by atoms with Gasteiger partial charge in [0.2, 0.25) is 23.6 Å². The van der Waals surface area contributed by atoms with E-state index in [1.807, 2.05) is 0 Å². The van der Waals surface area contributed by atoms with Gasteiger partial charge in [-0.3, -0.25) is 19.2 Å². The van der Waals surface area contributed by atoms with E-state index in [9.17, 15) is 39.3 Å². The lowest BCUT2D eigenvalue weighted by molar-refractivity contribution is -0.145. The Morgan fingerprint density at radius 1 is 0.919 bits per heavy atom. The predicted octanol–water partition coefficient (Wildman–Crippen LogP) is -1.51. The maximum Gasteiger partial charge on any atom is 0.328 e. The fourth-order valence-corrected chi connectivity index (χ4v) is 3.40. The van der Waals surface area contributed by atoms with Gasteiger partial charge in [-0.05, 0) is 43.4 Å². The van der Waals surface area contributed by atoms with Gasteiger partial charge in [0.25, 0.3) is 0 Å². The fourth-order valence-electron chi connectivity index (χ4n) is 3.40. The number of carbonyl (C=O) groups excluding carboxylic acids is 4. The zero-order valence-corrected chi connectivity index (χ0v) is 21.1. The largest absolute Gasteiger partial charge is 0.508 e. The second-order valence-electron chi connectivity index (χ2n) is 8.98. The van der Waals surface area contributed by atoms with Crippen molar-refractivity contribution in [2.24, 2.45) is 17.4 Å². The summed E-state index contributed by atoms with van der Waals surface area (Å²) >= 11 is 0. The smallest absolute Gasteiger partial charge is 0.328 e. The quantitative estimate of drug-likeness (QED) is 0.133. The molecule has 0 fully saturated rings. The number of nitrogens with one attached hydrogen (secondary N) is 3. The number of phenolic OH excluding ortho intramolecular Hbond substituents is 1. The molecular formula is C24H37N5O8. The molecule has 0 spiro atoms. The number of phenols is 1. The average Bonchev–Trinajstić information content (AvgIpc) is 2.83. The zero-order valence-electron chi connectivity index (χ0n) is 21.1. The standard InChI is InChI=1S/C24H37N5O8/c1-4-12(2)19(28-21(33)16(25)11-14-5-7-15(31)8-6-14)23(35)27-17(9-10-18(26)32)22(34)29-20(13(3)30)24(36)37/h5-8,12-13,16-17,19-20,30-31H,4,9-11,25H2,1-3H3,(H2,26,32)(H,27,35)(H,28,33)(H,29,34)(H,36,37). The van der Waals surface area contributed by atoms with Gasteiger partial charge >= 0.3 is 5.97 Å². The molecule has 0 saturated carbocycles. The number of primary amides is 1. The highest BCUT2D eigenvalue weighted by molar-refractivity contribution is 5.94. The van der Waals surface area contributed by atoms with Gasteiger partial charge in [0.15, 0.2) is 6.04 Å². The number of aliphatic hydroxyl groups excluding tert-OH is 1. The Bertz CT molecular complexity index is 953. The Labute approximate surface area is 215 Å². The highest BCUT2D eigenvalue weighted by Gasteiger charge is 2.33. The van der Waals surface area contributed by atoms with Gasteiger partial charge in [0.05, 0.1) is 12.1 Å². The molecule has 0 saturated heterocycles. The molecule has 6 atom stereocenters. The molecule has 0 aliphatic rings. The Balaban J connectivity index is 3.02. The van der Waals surface area contributed by atoms with E-state index in [4.69, 9.17) is 11.5 Å². The van der Waals surface area contributed by atoms with Crippen LogP contribution >= 0.6 is 0 Å². The first-order chi connectivity index (χ1) is 17.3. The van der Waals surface area contributed by atoms with Gasteiger partial charge in [-0.2, -0.15) is 0 Å². The number of aliphatic carboxylic acids is 1. The average molecular weight is 524 g/mol. The minimum Gasteiger partial charge on any atom is -0.508 e. The maximum atomic E-state index is 13.2. The van der Waals surface area contributed by atoms with E-state index in [1.54, 1.807) is 26.0 Å². The van der Waals surface area contributed by atoms with E-state index < -0.39 is 59.9 Å². The first-order valence-electron chi connectivity index (χ1n) is 11.9. The van der Waals surface area contributed by atoms with Crippen molar-refractivity contribution in [1.29, 1.82) is 0 Å². The molecule has 0 heterocycles. The molecule has 6 unspecified atom stereocenters. The number of hydrogen-bond donors (Lipinski definition) is 8. The summed E-state index contributed by atoms with van der Waals surface area (Å²) in [4.78, 5) is 61.3. The highest BCUT2D eigenvalue weighted by Crippen LogP contribution is 2.13. The SMILES string of the molecule is CCC(C)C(NC(=O)C(N)Cc1ccc(O)cc1)C(=O)NC(CCC(N)=O)C(=O)NC(C(=O)O)C(C)O. The minimum atomic E-state index is -1.65. The lowest BCUT2D eigenvalue weighted by atomic mass is 9.96. The number of hydrogen-bond acceptors (Lipinski definition) is 8. The van der Waals surface area contributed by atoms with Crippen molar-refractivity contribution in [3.8, 4) is 5.75 Å². The van der Waals surface area contributed by atoms with Crippen LogP contribution in [0.2, 0.25) is 0 Å². The molecule has 1 aromatic rings. The zero-order chi connectivity index (χ0) is 28.3. The van der Waals surface area contributed by atoms with Crippen LogP contribution < -0.4 is 27.4 Å². The van der Waals surface area contributed by atoms with Crippen LogP contribution in [0, 0.1) is 5.92 Å². The number of nitrogens with two attached hydrogens (primary N) is 2. The van der Waals surface area contributed by atoms with Crippen molar-refractivity contribution in [3.05, 3.63) is 29.8 Å². The number of aromatic hydroxyl groups is 1. The summed E-state index contributed by atoms with van der Waals surface area (Å²) in [5, 5.41) is 35.5. The molecule has 0 radical (unpaired) electrons. The minimum absolute atomic E-state index is 0.0633. The number of carboxylic acid groups (broad SMARTS) is 1. The van der Waals surface area contributed by atoms with Gasteiger partial charge < -0.3 is 42.7 Å². The monoisotopic (exact) mass is 523 g/mol. The van der Waals surface area contributed by atoms with Crippen LogP contribution in [0.4, 0.5) is 0 Å². The number of benzene rings is 1. The summed E-state index contributed by atoms with van der Waals surface area (Å²) < 4.78 is 0. The maximum absolute atomic E-state index is 13.2. The number of aliphatic hydroxyl groups is 1. The van der Waals surface area contributed by atoms with Gasteiger partial charge in [-0.1, -0.05) is 32.4 Å². The van der Waals surface area contributed by atoms with Crippen molar-refractivity contribution >= 4 is 29.6 Å². The summed E-state index contributed by atoms with van der Waals surface area (Å²) in [6.07, 6.45) is -1.34. The lowest BCUT2D eigenvalue weighted by Gasteiger charge is -2.28. The summed E-state index contributed by atoms with van der Waals surface area (Å²) in [6.45, 7) is 4.68. The van der Waals surface area contributed by atoms with Crippen LogP contribution in [-0.2, 0) is 30.4 Å². The van der Waals surface area contributed by atoms with E-state index in [2.05, 4.69) is 16.0 Å². The number of amides is 4. The van der Waals surface area contributed by atoms with E-state index in [1.165, 1.54) is 19.1 Å². The highest BCUT2D eigenvalue weighted by atomic mass is 16.4. The summed E-state index contributed by atoms with van der Waals surface area (Å²) in [7, 11) is 0. The fraction of sp³-hybridized carbons (Fsp3) is 0.542. The molecule has 206 valence electrons. The van der Waals surface area contributed by atoms with Gasteiger partial charge in [-0.15, -0.1) is 0 Å². The topological polar surface area (TPSA) is 234 Å². The summed E-state index contributed by atoms with van der Waals surface area (Å²) in [5.74, 6) is -4.86. The van der Waals surface area contributed by atoms with Crippen molar-refractivity contribution in [2.45, 2.75) is 76.7 Å². The lowest BCUT2D eigenvalue weighted by Crippen LogP contribution is -2.59. The molecule has 0 bridgehead atoms. The van der Waals surface area contributed by atoms with E-state index in [-0.39, 0.29) is 30.9 Å². The number of rotatable bonds is 15. The first-order valence-corrected chi connectivity index (χ1v) is 11.9. The molecule has 13 heteroatoms. The van der Waals surface area contributed by atoms with E-state index in [0.717, 1.165) is 0 Å². The molecule has 4 amide bonds. The second kappa shape index (κ2) is 14.8. The molecule has 37 heavy (non-hydrogen) atoms. The Hall–Kier alpha value is -3.71. The second-order valence-corrected chi connectivity index (χ2v) is 8.98. The number of carbonyl (C=O) groups is 5. The Morgan fingerprint density at radius 3 is 1.97 bits per heavy atom. The first kappa shape index (κ1) is 31.3. The third-order valence-corrected chi connectivity index (χ3v) is 5.88. The third kappa shape index (κ3) is 10.4. The molecule has 1 rings (SSSR count). The van der Waals surface area contributed by atoms with Crippen molar-refractivity contribution in [2.75, 3.05) is 0 Å². The predicted molar refractivity (Wildman–Crippen MR) is 133 cm³/mol. The molecule has 0 aliphatic carbocycles. The van der Waals surface area contributed by atoms with Crippen LogP contribution in [0.5, 0.6) is 5.75 Å². The normalized spacial score (nSPS) is 15.8. The third-order valence-electron chi connectivity index (χ3n) is 5.88. The Morgan fingerprint density at radius 2 is 1.49 bits per heavy atom. The molecule has 0 aliphatic heterocycles. The van der Waals surface area contributed by atoms with E-state index in [0.29, 0.717) is 12.0 Å². The van der Waals surface area contributed by atoms with Gasteiger partial charge in [0, 0.05) is 6.42 Å². The van der Waals surface area contributed by atoms with Gasteiger partial charge in [0.1, 0.15) is 17.8 Å². The Kier molecular flexibility index (Phi) is 12.5. The molecule has 13 nitrogen and oxygen atoms in total. The summed E-state index contributed by atoms with van der Waals surface area (Å²) in [5.41, 5.74) is 11.9.